The minimum atomic E-state index is -4.33. The molecule has 4 atom stereocenters. The SMILES string of the molecule is CC(C)C(C)c1nc2c([nH]1)C1C(Cl)C1C(C(F)(F)F)=C2. The van der Waals surface area contributed by atoms with Crippen molar-refractivity contribution in [3.63, 3.8) is 0 Å². The molecule has 1 heterocycles. The largest absolute Gasteiger partial charge is 0.413 e. The van der Waals surface area contributed by atoms with Crippen LogP contribution in [0.25, 0.3) is 6.08 Å². The molecule has 0 bridgehead atoms. The van der Waals surface area contributed by atoms with Crippen LogP contribution in [0.4, 0.5) is 13.2 Å². The van der Waals surface area contributed by atoms with Crippen molar-refractivity contribution < 1.29 is 13.2 Å². The van der Waals surface area contributed by atoms with Gasteiger partial charge >= 0.3 is 6.18 Å². The van der Waals surface area contributed by atoms with Crippen molar-refractivity contribution in [1.29, 1.82) is 0 Å². The molecule has 2 nitrogen and oxygen atoms in total. The molecule has 110 valence electrons. The number of nitrogens with zero attached hydrogens (tertiary/aromatic N) is 1. The Balaban J connectivity index is 2.03. The molecule has 1 aromatic heterocycles. The van der Waals surface area contributed by atoms with E-state index in [1.807, 2.05) is 6.92 Å². The predicted octanol–water partition coefficient (Wildman–Crippen LogP) is 4.45. The zero-order valence-corrected chi connectivity index (χ0v) is 12.2. The number of rotatable bonds is 2. The molecule has 20 heavy (non-hydrogen) atoms. The number of fused-ring (bicyclic) bond motifs is 3. The summed E-state index contributed by atoms with van der Waals surface area (Å²) < 4.78 is 39.0. The summed E-state index contributed by atoms with van der Waals surface area (Å²) in [6.45, 7) is 6.15. The summed E-state index contributed by atoms with van der Waals surface area (Å²) in [6.07, 6.45) is -3.17. The van der Waals surface area contributed by atoms with Gasteiger partial charge in [-0.2, -0.15) is 13.2 Å². The van der Waals surface area contributed by atoms with Crippen molar-refractivity contribution >= 4 is 17.7 Å². The highest BCUT2D eigenvalue weighted by atomic mass is 35.5. The lowest BCUT2D eigenvalue weighted by atomic mass is 9.98. The molecule has 1 saturated carbocycles. The minimum Gasteiger partial charge on any atom is -0.345 e. The minimum absolute atomic E-state index is 0.175. The quantitative estimate of drug-likeness (QED) is 0.803. The molecule has 0 amide bonds. The Morgan fingerprint density at radius 3 is 2.45 bits per heavy atom. The van der Waals surface area contributed by atoms with E-state index in [9.17, 15) is 13.2 Å². The molecule has 0 saturated heterocycles. The number of alkyl halides is 4. The van der Waals surface area contributed by atoms with Gasteiger partial charge in [0.15, 0.2) is 0 Å². The van der Waals surface area contributed by atoms with E-state index in [-0.39, 0.29) is 11.8 Å². The van der Waals surface area contributed by atoms with Crippen molar-refractivity contribution in [3.05, 3.63) is 22.8 Å². The van der Waals surface area contributed by atoms with E-state index in [0.717, 1.165) is 17.6 Å². The van der Waals surface area contributed by atoms with Gasteiger partial charge in [0.1, 0.15) is 5.82 Å². The molecular weight excluding hydrogens is 289 g/mol. The highest BCUT2D eigenvalue weighted by Crippen LogP contribution is 2.61. The Kier molecular flexibility index (Phi) is 2.98. The second kappa shape index (κ2) is 4.26. The van der Waals surface area contributed by atoms with Gasteiger partial charge in [-0.15, -0.1) is 11.6 Å². The summed E-state index contributed by atoms with van der Waals surface area (Å²) in [5.74, 6) is 0.407. The molecule has 6 heteroatoms. The molecule has 0 aromatic carbocycles. The first-order chi connectivity index (χ1) is 9.21. The van der Waals surface area contributed by atoms with Gasteiger partial charge < -0.3 is 4.98 Å². The lowest BCUT2D eigenvalue weighted by Gasteiger charge is -2.14. The molecule has 2 aliphatic carbocycles. The van der Waals surface area contributed by atoms with E-state index < -0.39 is 23.0 Å². The third kappa shape index (κ3) is 1.98. The highest BCUT2D eigenvalue weighted by molar-refractivity contribution is 6.24. The van der Waals surface area contributed by atoms with Crippen molar-refractivity contribution in [2.45, 2.75) is 44.2 Å². The summed E-state index contributed by atoms with van der Waals surface area (Å²) in [4.78, 5) is 7.56. The van der Waals surface area contributed by atoms with Crippen molar-refractivity contribution in [3.8, 4) is 0 Å². The van der Waals surface area contributed by atoms with Crippen LogP contribution in [0.5, 0.6) is 0 Å². The van der Waals surface area contributed by atoms with E-state index in [1.54, 1.807) is 0 Å². The predicted molar refractivity (Wildman–Crippen MR) is 71.7 cm³/mol. The maximum Gasteiger partial charge on any atom is 0.413 e. The normalized spacial score (nSPS) is 29.8. The molecule has 1 fully saturated rings. The first-order valence-electron chi connectivity index (χ1n) is 6.74. The van der Waals surface area contributed by atoms with Crippen LogP contribution in [0.15, 0.2) is 5.57 Å². The molecule has 0 aliphatic heterocycles. The second-order valence-electron chi connectivity index (χ2n) is 6.05. The Hall–Kier alpha value is -0.970. The van der Waals surface area contributed by atoms with Crippen LogP contribution in [-0.4, -0.2) is 21.5 Å². The fourth-order valence-corrected chi connectivity index (χ4v) is 3.30. The van der Waals surface area contributed by atoms with E-state index in [0.29, 0.717) is 11.6 Å². The standard InChI is InChI=1S/C14H16ClF3N2/c1-5(2)6(3)13-19-8-4-7(14(16,17)18)9-10(11(9)15)12(8)20-13/h4-6,9-11H,1-3H3,(H,19,20). The second-order valence-corrected chi connectivity index (χ2v) is 6.55. The third-order valence-electron chi connectivity index (χ3n) is 4.46. The average molecular weight is 305 g/mol. The van der Waals surface area contributed by atoms with E-state index >= 15 is 0 Å². The summed E-state index contributed by atoms with van der Waals surface area (Å²) >= 11 is 6.05. The highest BCUT2D eigenvalue weighted by Gasteiger charge is 2.61. The van der Waals surface area contributed by atoms with Crippen molar-refractivity contribution in [2.75, 3.05) is 0 Å². The van der Waals surface area contributed by atoms with E-state index in [1.165, 1.54) is 0 Å². The molecule has 0 spiro atoms. The van der Waals surface area contributed by atoms with Crippen LogP contribution in [0.2, 0.25) is 0 Å². The number of hydrogen-bond donors (Lipinski definition) is 1. The fourth-order valence-electron chi connectivity index (χ4n) is 2.81. The lowest BCUT2D eigenvalue weighted by molar-refractivity contribution is -0.0947. The first-order valence-corrected chi connectivity index (χ1v) is 7.18. The Morgan fingerprint density at radius 2 is 1.90 bits per heavy atom. The van der Waals surface area contributed by atoms with Gasteiger partial charge in [0.2, 0.25) is 0 Å². The van der Waals surface area contributed by atoms with Gasteiger partial charge in [0.25, 0.3) is 0 Å². The van der Waals surface area contributed by atoms with Gasteiger partial charge in [-0.3, -0.25) is 0 Å². The van der Waals surface area contributed by atoms with Gasteiger partial charge in [0, 0.05) is 29.0 Å². The van der Waals surface area contributed by atoms with Crippen molar-refractivity contribution in [1.82, 2.24) is 9.97 Å². The lowest BCUT2D eigenvalue weighted by Crippen LogP contribution is -2.16. The Labute approximate surface area is 120 Å². The molecule has 4 unspecified atom stereocenters. The molecular formula is C14H16ClF3N2. The van der Waals surface area contributed by atoms with Crippen LogP contribution in [-0.2, 0) is 0 Å². The molecule has 2 aliphatic rings. The Morgan fingerprint density at radius 1 is 1.25 bits per heavy atom. The van der Waals surface area contributed by atoms with Gasteiger partial charge in [-0.05, 0) is 12.0 Å². The summed E-state index contributed by atoms with van der Waals surface area (Å²) in [7, 11) is 0. The van der Waals surface area contributed by atoms with E-state index in [4.69, 9.17) is 11.6 Å². The zero-order chi connectivity index (χ0) is 14.8. The van der Waals surface area contributed by atoms with Crippen LogP contribution in [0, 0.1) is 11.8 Å². The van der Waals surface area contributed by atoms with Crippen LogP contribution < -0.4 is 0 Å². The van der Waals surface area contributed by atoms with Crippen LogP contribution in [0.3, 0.4) is 0 Å². The maximum atomic E-state index is 13.0. The van der Waals surface area contributed by atoms with Crippen LogP contribution in [0.1, 0.15) is 49.8 Å². The van der Waals surface area contributed by atoms with E-state index in [2.05, 4.69) is 23.8 Å². The number of nitrogens with one attached hydrogen (secondary N) is 1. The maximum absolute atomic E-state index is 13.0. The Bertz CT molecular complexity index is 573. The smallest absolute Gasteiger partial charge is 0.345 e. The average Bonchev–Trinajstić information content (AvgIpc) is 2.84. The summed E-state index contributed by atoms with van der Waals surface area (Å²) in [5, 5.41) is -0.480. The summed E-state index contributed by atoms with van der Waals surface area (Å²) in [5.41, 5.74) is 0.639. The monoisotopic (exact) mass is 304 g/mol. The number of halogens is 4. The van der Waals surface area contributed by atoms with Gasteiger partial charge in [0.05, 0.1) is 11.1 Å². The van der Waals surface area contributed by atoms with Gasteiger partial charge in [-0.1, -0.05) is 20.8 Å². The number of imidazole rings is 1. The number of hydrogen-bond acceptors (Lipinski definition) is 1. The first kappa shape index (κ1) is 14.0. The van der Waals surface area contributed by atoms with Crippen molar-refractivity contribution in [2.24, 2.45) is 11.8 Å². The molecule has 3 rings (SSSR count). The zero-order valence-electron chi connectivity index (χ0n) is 11.4. The topological polar surface area (TPSA) is 28.7 Å². The van der Waals surface area contributed by atoms with Crippen LogP contribution >= 0.6 is 11.6 Å². The molecule has 0 radical (unpaired) electrons. The number of H-pyrrole nitrogens is 1. The number of allylic oxidation sites excluding steroid dienone is 1. The molecule has 1 N–H and O–H groups in total. The number of aromatic amines is 1. The molecule has 1 aromatic rings. The number of aromatic nitrogens is 2. The fraction of sp³-hybridized carbons (Fsp3) is 0.643. The van der Waals surface area contributed by atoms with Gasteiger partial charge in [-0.25, -0.2) is 4.98 Å². The third-order valence-corrected chi connectivity index (χ3v) is 5.00. The summed E-state index contributed by atoms with van der Waals surface area (Å²) in [6, 6.07) is 0.